The first-order valence-electron chi connectivity index (χ1n) is 10.8. The third-order valence-electron chi connectivity index (χ3n) is 5.47. The number of nitrogens with one attached hydrogen (secondary N) is 2. The molecule has 2 aliphatic heterocycles. The Balaban J connectivity index is 1.28. The summed E-state index contributed by atoms with van der Waals surface area (Å²) in [6.07, 6.45) is 3.75. The van der Waals surface area contributed by atoms with Crippen molar-refractivity contribution in [2.75, 3.05) is 38.2 Å². The first-order chi connectivity index (χ1) is 15.9. The molecule has 0 aliphatic carbocycles. The van der Waals surface area contributed by atoms with Gasteiger partial charge in [-0.2, -0.15) is 0 Å². The normalized spacial score (nSPS) is 18.4. The zero-order chi connectivity index (χ0) is 23.3. The maximum absolute atomic E-state index is 12.7. The van der Waals surface area contributed by atoms with Crippen LogP contribution in [0.2, 0.25) is 0 Å². The number of piperidine rings is 1. The van der Waals surface area contributed by atoms with E-state index in [0.29, 0.717) is 55.8 Å². The number of amides is 2. The van der Waals surface area contributed by atoms with Gasteiger partial charge in [-0.05, 0) is 25.0 Å². The Hall–Kier alpha value is -2.70. The van der Waals surface area contributed by atoms with E-state index in [9.17, 15) is 18.0 Å². The highest BCUT2D eigenvalue weighted by Crippen LogP contribution is 2.31. The fourth-order valence-electron chi connectivity index (χ4n) is 3.75. The summed E-state index contributed by atoms with van der Waals surface area (Å²) < 4.78 is 38.9. The van der Waals surface area contributed by atoms with Gasteiger partial charge in [0.25, 0.3) is 0 Å². The van der Waals surface area contributed by atoms with Gasteiger partial charge in [-0.1, -0.05) is 0 Å². The number of ether oxygens (including phenoxy) is 2. The van der Waals surface area contributed by atoms with Gasteiger partial charge >= 0.3 is 0 Å². The molecule has 2 aliphatic rings. The zero-order valence-corrected chi connectivity index (χ0v) is 19.6. The van der Waals surface area contributed by atoms with E-state index < -0.39 is 10.0 Å². The highest BCUT2D eigenvalue weighted by Gasteiger charge is 2.29. The molecule has 0 bridgehead atoms. The summed E-state index contributed by atoms with van der Waals surface area (Å²) in [5.74, 6) is 0.243. The summed E-state index contributed by atoms with van der Waals surface area (Å²) >= 11 is 1.34. The van der Waals surface area contributed by atoms with E-state index >= 15 is 0 Å². The number of fused-ring (bicyclic) bond motifs is 1. The van der Waals surface area contributed by atoms with Crippen LogP contribution in [0.1, 0.15) is 25.7 Å². The van der Waals surface area contributed by atoms with Crippen molar-refractivity contribution in [1.29, 1.82) is 0 Å². The Morgan fingerprint density at radius 3 is 2.79 bits per heavy atom. The topological polar surface area (TPSA) is 127 Å². The number of hydrogen-bond acceptors (Lipinski definition) is 8. The molecule has 1 atom stereocenters. The van der Waals surface area contributed by atoms with Crippen molar-refractivity contribution in [1.82, 2.24) is 14.6 Å². The van der Waals surface area contributed by atoms with Crippen LogP contribution in [0.25, 0.3) is 0 Å². The van der Waals surface area contributed by atoms with Crippen molar-refractivity contribution < 1.29 is 27.5 Å². The average Bonchev–Trinajstić information content (AvgIpc) is 3.20. The highest BCUT2D eigenvalue weighted by atomic mass is 32.2. The van der Waals surface area contributed by atoms with Gasteiger partial charge in [0.1, 0.15) is 0 Å². The summed E-state index contributed by atoms with van der Waals surface area (Å²) in [5.41, 5.74) is 0. The predicted octanol–water partition coefficient (Wildman–Crippen LogP) is 1.85. The van der Waals surface area contributed by atoms with Crippen LogP contribution in [0.15, 0.2) is 34.7 Å². The van der Waals surface area contributed by atoms with Crippen LogP contribution in [0.4, 0.5) is 5.13 Å². The second-order valence-corrected chi connectivity index (χ2v) is 10.5. The number of hydrogen-bond donors (Lipinski definition) is 2. The second-order valence-electron chi connectivity index (χ2n) is 7.81. The van der Waals surface area contributed by atoms with E-state index in [1.165, 1.54) is 23.5 Å². The summed E-state index contributed by atoms with van der Waals surface area (Å²) in [6, 6.07) is 4.46. The fourth-order valence-corrected chi connectivity index (χ4v) is 5.33. The number of carbonyl (C=O) groups is 2. The van der Waals surface area contributed by atoms with Gasteiger partial charge in [0.2, 0.25) is 21.8 Å². The number of carbonyl (C=O) groups excluding carboxylic acids is 2. The molecule has 0 saturated carbocycles. The fraction of sp³-hybridized carbons (Fsp3) is 0.476. The van der Waals surface area contributed by atoms with Crippen LogP contribution < -0.4 is 19.5 Å². The van der Waals surface area contributed by atoms with E-state index in [4.69, 9.17) is 9.47 Å². The Morgan fingerprint density at radius 2 is 2.00 bits per heavy atom. The van der Waals surface area contributed by atoms with Crippen molar-refractivity contribution in [3.05, 3.63) is 29.8 Å². The lowest BCUT2D eigenvalue weighted by atomic mass is 9.97. The molecule has 1 saturated heterocycles. The number of anilines is 1. The van der Waals surface area contributed by atoms with Crippen LogP contribution in [0.5, 0.6) is 11.5 Å². The van der Waals surface area contributed by atoms with Gasteiger partial charge in [-0.25, -0.2) is 18.1 Å². The van der Waals surface area contributed by atoms with Crippen molar-refractivity contribution in [3.63, 3.8) is 0 Å². The van der Waals surface area contributed by atoms with E-state index in [0.717, 1.165) is 6.42 Å². The zero-order valence-electron chi connectivity index (χ0n) is 18.0. The Labute approximate surface area is 196 Å². The van der Waals surface area contributed by atoms with Crippen molar-refractivity contribution in [3.8, 4) is 11.5 Å². The monoisotopic (exact) mass is 494 g/mol. The number of nitrogens with zero attached hydrogens (tertiary/aromatic N) is 2. The minimum atomic E-state index is -3.81. The number of rotatable bonds is 7. The van der Waals surface area contributed by atoms with Gasteiger partial charge < -0.3 is 19.7 Å². The molecule has 12 heteroatoms. The third kappa shape index (κ3) is 6.01. The minimum absolute atomic E-state index is 0.00456. The molecule has 1 aromatic heterocycles. The summed E-state index contributed by atoms with van der Waals surface area (Å²) in [4.78, 5) is 30.8. The van der Waals surface area contributed by atoms with Crippen LogP contribution in [-0.4, -0.2) is 63.0 Å². The van der Waals surface area contributed by atoms with E-state index in [-0.39, 0.29) is 35.6 Å². The van der Waals surface area contributed by atoms with E-state index in [1.54, 1.807) is 22.5 Å². The van der Waals surface area contributed by atoms with Crippen molar-refractivity contribution in [2.24, 2.45) is 5.92 Å². The molecule has 4 rings (SSSR count). The maximum Gasteiger partial charge on any atom is 0.240 e. The van der Waals surface area contributed by atoms with Crippen LogP contribution in [0.3, 0.4) is 0 Å². The maximum atomic E-state index is 12.7. The van der Waals surface area contributed by atoms with Crippen LogP contribution in [-0.2, 0) is 19.6 Å². The number of likely N-dealkylation sites (tertiary alicyclic amines) is 1. The van der Waals surface area contributed by atoms with Crippen LogP contribution in [0, 0.1) is 5.92 Å². The standard InChI is InChI=1S/C21H26N4O6S2/c26-19(25-9-1-3-15(14-25)20(27)24-21-22-8-12-32-21)6-7-23-33(28,29)16-4-5-17-18(13-16)31-11-2-10-30-17/h4-5,8,12-13,15,23H,1-3,6-7,9-11,14H2,(H,22,24,27). The minimum Gasteiger partial charge on any atom is -0.490 e. The molecule has 1 fully saturated rings. The smallest absolute Gasteiger partial charge is 0.240 e. The highest BCUT2D eigenvalue weighted by molar-refractivity contribution is 7.89. The number of thiazole rings is 1. The molecule has 33 heavy (non-hydrogen) atoms. The third-order valence-corrected chi connectivity index (χ3v) is 7.61. The molecule has 3 heterocycles. The molecule has 2 aromatic rings. The Morgan fingerprint density at radius 1 is 1.18 bits per heavy atom. The second kappa shape index (κ2) is 10.5. The Bertz CT molecular complexity index is 1090. The molecule has 1 aromatic carbocycles. The number of aromatic nitrogens is 1. The van der Waals surface area contributed by atoms with Crippen molar-refractivity contribution >= 4 is 38.3 Å². The molecule has 2 N–H and O–H groups in total. The molecular weight excluding hydrogens is 468 g/mol. The molecule has 178 valence electrons. The summed E-state index contributed by atoms with van der Waals surface area (Å²) in [7, 11) is -3.81. The average molecular weight is 495 g/mol. The lowest BCUT2D eigenvalue weighted by Gasteiger charge is -2.32. The lowest BCUT2D eigenvalue weighted by Crippen LogP contribution is -2.44. The largest absolute Gasteiger partial charge is 0.490 e. The quantitative estimate of drug-likeness (QED) is 0.601. The number of sulfonamides is 1. The van der Waals surface area contributed by atoms with Crippen molar-refractivity contribution in [2.45, 2.75) is 30.6 Å². The van der Waals surface area contributed by atoms with E-state index in [1.807, 2.05) is 0 Å². The van der Waals surface area contributed by atoms with E-state index in [2.05, 4.69) is 15.0 Å². The lowest BCUT2D eigenvalue weighted by molar-refractivity contribution is -0.134. The first kappa shape index (κ1) is 23.5. The SMILES string of the molecule is O=C(Nc1nccs1)C1CCCN(C(=O)CCNS(=O)(=O)c2ccc3c(c2)OCCCO3)C1. The van der Waals surface area contributed by atoms with Gasteiger partial charge in [-0.15, -0.1) is 11.3 Å². The molecule has 10 nitrogen and oxygen atoms in total. The van der Waals surface area contributed by atoms with Gasteiger partial charge in [-0.3, -0.25) is 9.59 Å². The predicted molar refractivity (Wildman–Crippen MR) is 122 cm³/mol. The van der Waals surface area contributed by atoms with Crippen LogP contribution >= 0.6 is 11.3 Å². The van der Waals surface area contributed by atoms with Gasteiger partial charge in [0.15, 0.2) is 16.6 Å². The molecular formula is C21H26N4O6S2. The summed E-state index contributed by atoms with van der Waals surface area (Å²) in [6.45, 7) is 1.79. The molecule has 0 spiro atoms. The number of benzene rings is 1. The van der Waals surface area contributed by atoms with Gasteiger partial charge in [0.05, 0.1) is 24.0 Å². The molecule has 2 amide bonds. The first-order valence-corrected chi connectivity index (χ1v) is 13.2. The Kier molecular flexibility index (Phi) is 7.46. The molecule has 0 radical (unpaired) electrons. The van der Waals surface area contributed by atoms with Gasteiger partial charge in [0, 0.05) is 50.1 Å². The molecule has 1 unspecified atom stereocenters. The summed E-state index contributed by atoms with van der Waals surface area (Å²) in [5, 5.41) is 5.09.